The summed E-state index contributed by atoms with van der Waals surface area (Å²) in [4.78, 5) is 19.0. The van der Waals surface area contributed by atoms with Crippen LogP contribution in [0.5, 0.6) is 0 Å². The number of aromatic nitrogens is 3. The van der Waals surface area contributed by atoms with E-state index in [-0.39, 0.29) is 18.4 Å². The maximum atomic E-state index is 12.6. The number of benzene rings is 1. The summed E-state index contributed by atoms with van der Waals surface area (Å²) in [6, 6.07) is 7.34. The van der Waals surface area contributed by atoms with Crippen LogP contribution in [0.4, 0.5) is 0 Å². The Kier molecular flexibility index (Phi) is 5.21. The maximum Gasteiger partial charge on any atom is 0.217 e. The molecule has 0 saturated heterocycles. The predicted molar refractivity (Wildman–Crippen MR) is 120 cm³/mol. The van der Waals surface area contributed by atoms with Gasteiger partial charge in [0.2, 0.25) is 6.71 Å². The predicted octanol–water partition coefficient (Wildman–Crippen LogP) is 5.05. The Labute approximate surface area is 179 Å². The molecule has 2 aromatic heterocycles. The Bertz CT molecular complexity index is 1130. The lowest BCUT2D eigenvalue weighted by Crippen LogP contribution is -2.21. The third-order valence-corrected chi connectivity index (χ3v) is 6.84. The van der Waals surface area contributed by atoms with Crippen molar-refractivity contribution in [2.45, 2.75) is 46.9 Å². The van der Waals surface area contributed by atoms with E-state index in [1.165, 1.54) is 10.4 Å². The highest BCUT2D eigenvalue weighted by Gasteiger charge is 2.32. The molecule has 3 aromatic rings. The summed E-state index contributed by atoms with van der Waals surface area (Å²) in [5.74, 6) is 1.53. The topological polar surface area (TPSA) is 60.1 Å². The second-order valence-electron chi connectivity index (χ2n) is 7.73. The van der Waals surface area contributed by atoms with Gasteiger partial charge in [0.25, 0.3) is 0 Å². The molecular weight excluding hydrogens is 403 g/mol. The molecule has 5 nitrogen and oxygen atoms in total. The van der Waals surface area contributed by atoms with Gasteiger partial charge in [-0.3, -0.25) is 9.56 Å². The molecular formula is C21H22BClN4OS. The molecule has 1 aliphatic rings. The minimum Gasteiger partial charge on any atom is -0.311 e. The number of thiophene rings is 1. The molecule has 3 heterocycles. The highest BCUT2D eigenvalue weighted by atomic mass is 35.5. The van der Waals surface area contributed by atoms with Crippen molar-refractivity contribution < 1.29 is 4.79 Å². The minimum absolute atomic E-state index is 0.0528. The van der Waals surface area contributed by atoms with Crippen LogP contribution in [0.1, 0.15) is 45.7 Å². The van der Waals surface area contributed by atoms with Crippen molar-refractivity contribution >= 4 is 41.0 Å². The highest BCUT2D eigenvalue weighted by molar-refractivity contribution is 7.15. The fourth-order valence-electron chi connectivity index (χ4n) is 3.56. The van der Waals surface area contributed by atoms with Crippen molar-refractivity contribution in [3.63, 3.8) is 0 Å². The van der Waals surface area contributed by atoms with E-state index in [0.29, 0.717) is 11.4 Å². The number of hydrogen-bond donors (Lipinski definition) is 0. The minimum atomic E-state index is -0.379. The molecule has 148 valence electrons. The smallest absolute Gasteiger partial charge is 0.217 e. The van der Waals surface area contributed by atoms with Gasteiger partial charge < -0.3 is 4.79 Å². The van der Waals surface area contributed by atoms with Crippen LogP contribution < -0.4 is 0 Å². The van der Waals surface area contributed by atoms with Crippen LogP contribution in [0.25, 0.3) is 5.00 Å². The van der Waals surface area contributed by atoms with Crippen molar-refractivity contribution in [2.75, 3.05) is 0 Å². The molecule has 0 fully saturated rings. The first-order valence-corrected chi connectivity index (χ1v) is 10.9. The van der Waals surface area contributed by atoms with Crippen LogP contribution in [0.15, 0.2) is 29.3 Å². The van der Waals surface area contributed by atoms with Crippen LogP contribution in [0.2, 0.25) is 18.7 Å². The normalized spacial score (nSPS) is 15.4. The van der Waals surface area contributed by atoms with E-state index in [9.17, 15) is 4.79 Å². The second-order valence-corrected chi connectivity index (χ2v) is 9.37. The average molecular weight is 425 g/mol. The molecule has 4 rings (SSSR count). The first-order chi connectivity index (χ1) is 13.8. The van der Waals surface area contributed by atoms with Gasteiger partial charge in [0.15, 0.2) is 5.82 Å². The summed E-state index contributed by atoms with van der Waals surface area (Å²) in [5, 5.41) is 10.5. The monoisotopic (exact) mass is 424 g/mol. The van der Waals surface area contributed by atoms with E-state index in [1.807, 2.05) is 44.8 Å². The summed E-state index contributed by atoms with van der Waals surface area (Å²) in [7, 11) is 0. The Balaban J connectivity index is 1.99. The number of nitrogens with zero attached hydrogens (tertiary/aromatic N) is 4. The SMILES string of the molecule is CB(C)C(=O)CC1N=C(c2ccc(Cl)cc2)c2c(sc(C)c2C)-n2c(C)nnc21. The van der Waals surface area contributed by atoms with E-state index < -0.39 is 0 Å². The van der Waals surface area contributed by atoms with Gasteiger partial charge in [-0.15, -0.1) is 21.5 Å². The van der Waals surface area contributed by atoms with E-state index in [4.69, 9.17) is 16.6 Å². The lowest BCUT2D eigenvalue weighted by molar-refractivity contribution is -0.112. The molecule has 29 heavy (non-hydrogen) atoms. The Morgan fingerprint density at radius 1 is 1.17 bits per heavy atom. The number of halogens is 1. The van der Waals surface area contributed by atoms with Gasteiger partial charge in [-0.2, -0.15) is 0 Å². The number of aryl methyl sites for hydroxylation is 2. The van der Waals surface area contributed by atoms with Crippen molar-refractivity contribution in [2.24, 2.45) is 4.99 Å². The van der Waals surface area contributed by atoms with Gasteiger partial charge in [-0.05, 0) is 38.5 Å². The van der Waals surface area contributed by atoms with Gasteiger partial charge in [0.1, 0.15) is 16.9 Å². The zero-order chi connectivity index (χ0) is 20.9. The number of fused-ring (bicyclic) bond motifs is 3. The lowest BCUT2D eigenvalue weighted by Gasteiger charge is -2.13. The number of rotatable bonds is 4. The average Bonchev–Trinajstić information content (AvgIpc) is 3.15. The molecule has 1 aromatic carbocycles. The molecule has 0 bridgehead atoms. The lowest BCUT2D eigenvalue weighted by atomic mass is 9.50. The molecule has 1 unspecified atom stereocenters. The van der Waals surface area contributed by atoms with Crippen LogP contribution >= 0.6 is 22.9 Å². The Morgan fingerprint density at radius 3 is 2.52 bits per heavy atom. The van der Waals surface area contributed by atoms with Crippen molar-refractivity contribution in [3.05, 3.63) is 62.5 Å². The molecule has 0 spiro atoms. The van der Waals surface area contributed by atoms with Crippen LogP contribution in [0.3, 0.4) is 0 Å². The Hall–Kier alpha value is -2.25. The van der Waals surface area contributed by atoms with Gasteiger partial charge in [-0.25, -0.2) is 0 Å². The molecule has 0 radical (unpaired) electrons. The molecule has 0 saturated carbocycles. The van der Waals surface area contributed by atoms with Crippen molar-refractivity contribution in [1.29, 1.82) is 0 Å². The van der Waals surface area contributed by atoms with Gasteiger partial charge in [0, 0.05) is 27.4 Å². The fourth-order valence-corrected chi connectivity index (χ4v) is 4.90. The number of carbonyl (C=O) groups is 1. The maximum absolute atomic E-state index is 12.6. The summed E-state index contributed by atoms with van der Waals surface area (Å²) in [6.07, 6.45) is 0.305. The van der Waals surface area contributed by atoms with E-state index >= 15 is 0 Å². The molecule has 0 N–H and O–H groups in total. The highest BCUT2D eigenvalue weighted by Crippen LogP contribution is 2.39. The molecule has 8 heteroatoms. The van der Waals surface area contributed by atoms with E-state index in [0.717, 1.165) is 33.5 Å². The molecule has 1 aliphatic heterocycles. The standard InChI is InChI=1S/C21H22BClN4OS/c1-11-12(2)29-21-18(11)19(14-6-8-15(23)9-7-14)24-16(10-17(28)22(4)5)20-26-25-13(3)27(20)21/h6-9,16H,10H2,1-5H3. The Morgan fingerprint density at radius 2 is 1.86 bits per heavy atom. The van der Waals surface area contributed by atoms with Crippen LogP contribution in [-0.4, -0.2) is 32.9 Å². The van der Waals surface area contributed by atoms with Crippen molar-refractivity contribution in [3.8, 4) is 5.00 Å². The molecule has 0 amide bonds. The third-order valence-electron chi connectivity index (χ3n) is 5.40. The van der Waals surface area contributed by atoms with Crippen molar-refractivity contribution in [1.82, 2.24) is 14.8 Å². The fraction of sp³-hybridized carbons (Fsp3) is 0.333. The summed E-state index contributed by atoms with van der Waals surface area (Å²) >= 11 is 7.83. The van der Waals surface area contributed by atoms with Crippen LogP contribution in [-0.2, 0) is 4.79 Å². The van der Waals surface area contributed by atoms with E-state index in [2.05, 4.69) is 28.6 Å². The van der Waals surface area contributed by atoms with Gasteiger partial charge >= 0.3 is 0 Å². The summed E-state index contributed by atoms with van der Waals surface area (Å²) in [5.41, 5.74) is 4.30. The second kappa shape index (κ2) is 7.54. The van der Waals surface area contributed by atoms with Crippen LogP contribution in [0, 0.1) is 20.8 Å². The molecule has 1 atom stereocenters. The van der Waals surface area contributed by atoms with E-state index in [1.54, 1.807) is 11.3 Å². The zero-order valence-corrected chi connectivity index (χ0v) is 18.7. The summed E-state index contributed by atoms with van der Waals surface area (Å²) < 4.78 is 2.07. The number of aliphatic imine (C=N–C) groups is 1. The quantitative estimate of drug-likeness (QED) is 0.550. The first-order valence-electron chi connectivity index (χ1n) is 9.67. The first kappa shape index (κ1) is 20.0. The molecule has 0 aliphatic carbocycles. The zero-order valence-electron chi connectivity index (χ0n) is 17.2. The largest absolute Gasteiger partial charge is 0.311 e. The van der Waals surface area contributed by atoms with Gasteiger partial charge in [-0.1, -0.05) is 37.4 Å². The summed E-state index contributed by atoms with van der Waals surface area (Å²) in [6.45, 7) is 9.97. The number of hydrogen-bond acceptors (Lipinski definition) is 5. The third kappa shape index (κ3) is 3.47. The van der Waals surface area contributed by atoms with Gasteiger partial charge in [0.05, 0.1) is 11.4 Å². The number of carbonyl (C=O) groups excluding carboxylic acids is 1.